The Bertz CT molecular complexity index is 702. The molecule has 4 aliphatic heterocycles. The van der Waals surface area contributed by atoms with Crippen molar-refractivity contribution in [3.63, 3.8) is 0 Å². The van der Waals surface area contributed by atoms with Gasteiger partial charge in [0.2, 0.25) is 0 Å². The van der Waals surface area contributed by atoms with Gasteiger partial charge in [-0.15, -0.1) is 0 Å². The van der Waals surface area contributed by atoms with Crippen LogP contribution in [-0.2, 0) is 0 Å². The van der Waals surface area contributed by atoms with Crippen LogP contribution < -0.4 is 0 Å². The molecule has 4 heterocycles. The predicted octanol–water partition coefficient (Wildman–Crippen LogP) is 5.45. The van der Waals surface area contributed by atoms with Crippen LogP contribution in [0.3, 0.4) is 0 Å². The summed E-state index contributed by atoms with van der Waals surface area (Å²) in [6.07, 6.45) is 4.44. The fraction of sp³-hybridized carbons (Fsp3) is 0.840. The van der Waals surface area contributed by atoms with Crippen LogP contribution in [0.2, 0.25) is 0 Å². The van der Waals surface area contributed by atoms with Crippen LogP contribution in [0.25, 0.3) is 0 Å². The molecule has 0 aromatic heterocycles. The highest BCUT2D eigenvalue weighted by atomic mass is 15.1. The molecule has 0 amide bonds. The molecule has 0 radical (unpaired) electrons. The number of aliphatic imine (C=N–C) groups is 4. The highest BCUT2D eigenvalue weighted by Gasteiger charge is 2.62. The van der Waals surface area contributed by atoms with E-state index in [0.29, 0.717) is 47.8 Å². The molecular weight excluding hydrogens is 356 g/mol. The minimum absolute atomic E-state index is 0.0689. The lowest BCUT2D eigenvalue weighted by Gasteiger charge is -2.57. The molecule has 4 rings (SSSR count). The van der Waals surface area contributed by atoms with Crippen molar-refractivity contribution in [3.8, 4) is 0 Å². The van der Waals surface area contributed by atoms with E-state index in [0.717, 1.165) is 25.7 Å². The monoisotopic (exact) mass is 396 g/mol. The van der Waals surface area contributed by atoms with Crippen molar-refractivity contribution in [2.45, 2.75) is 105 Å². The van der Waals surface area contributed by atoms with Crippen LogP contribution >= 0.6 is 0 Å². The Balaban J connectivity index is 1.74. The van der Waals surface area contributed by atoms with Crippen LogP contribution in [0.5, 0.6) is 0 Å². The molecule has 0 aliphatic carbocycles. The summed E-state index contributed by atoms with van der Waals surface area (Å²) >= 11 is 0. The van der Waals surface area contributed by atoms with Gasteiger partial charge in [0.1, 0.15) is 0 Å². The fourth-order valence-corrected chi connectivity index (χ4v) is 5.43. The SMILES string of the molecule is CC(C)C1=NC(C(C2=NC(C(C)C)C2)(C2CC(C(C)C)=N2)C2CC(C(C)C)=N2)C1. The highest BCUT2D eigenvalue weighted by molar-refractivity contribution is 6.04. The van der Waals surface area contributed by atoms with Gasteiger partial charge in [0.05, 0.1) is 29.6 Å². The first-order valence-corrected chi connectivity index (χ1v) is 11.9. The van der Waals surface area contributed by atoms with E-state index in [2.05, 4.69) is 55.4 Å². The fourth-order valence-electron chi connectivity index (χ4n) is 5.43. The Kier molecular flexibility index (Phi) is 5.36. The summed E-state index contributed by atoms with van der Waals surface area (Å²) in [5.74, 6) is 2.24. The molecule has 160 valence electrons. The maximum Gasteiger partial charge on any atom is 0.0763 e. The predicted molar refractivity (Wildman–Crippen MR) is 125 cm³/mol. The minimum Gasteiger partial charge on any atom is -0.289 e. The van der Waals surface area contributed by atoms with E-state index in [1.165, 1.54) is 22.8 Å². The summed E-state index contributed by atoms with van der Waals surface area (Å²) < 4.78 is 0. The molecule has 4 aliphatic rings. The lowest BCUT2D eigenvalue weighted by Crippen LogP contribution is -2.66. The molecule has 29 heavy (non-hydrogen) atoms. The van der Waals surface area contributed by atoms with Gasteiger partial charge >= 0.3 is 0 Å². The van der Waals surface area contributed by atoms with Crippen molar-refractivity contribution in [1.82, 2.24) is 0 Å². The van der Waals surface area contributed by atoms with Crippen molar-refractivity contribution >= 4 is 22.8 Å². The van der Waals surface area contributed by atoms with Gasteiger partial charge in [-0.3, -0.25) is 20.0 Å². The maximum atomic E-state index is 5.22. The van der Waals surface area contributed by atoms with E-state index >= 15 is 0 Å². The Morgan fingerprint density at radius 1 is 0.586 bits per heavy atom. The second-order valence-electron chi connectivity index (χ2n) is 11.0. The van der Waals surface area contributed by atoms with Gasteiger partial charge in [-0.05, 0) is 23.7 Å². The topological polar surface area (TPSA) is 49.4 Å². The normalized spacial score (nSPS) is 33.2. The van der Waals surface area contributed by atoms with Crippen molar-refractivity contribution in [3.05, 3.63) is 0 Å². The first-order valence-electron chi connectivity index (χ1n) is 11.9. The van der Waals surface area contributed by atoms with Crippen LogP contribution in [0.4, 0.5) is 0 Å². The first kappa shape index (κ1) is 20.9. The molecule has 0 bridgehead atoms. The molecule has 0 aromatic carbocycles. The maximum absolute atomic E-state index is 5.22. The zero-order valence-corrected chi connectivity index (χ0v) is 19.7. The molecule has 0 N–H and O–H groups in total. The lowest BCUT2D eigenvalue weighted by atomic mass is 9.55. The summed E-state index contributed by atoms with van der Waals surface area (Å²) in [5.41, 5.74) is 5.44. The molecule has 0 saturated carbocycles. The third kappa shape index (κ3) is 3.25. The lowest BCUT2D eigenvalue weighted by molar-refractivity contribution is 0.180. The van der Waals surface area contributed by atoms with E-state index in [1.807, 2.05) is 0 Å². The Labute approximate surface area is 177 Å². The second kappa shape index (κ2) is 7.42. The molecule has 0 fully saturated rings. The molecule has 0 aromatic rings. The molecule has 4 nitrogen and oxygen atoms in total. The van der Waals surface area contributed by atoms with E-state index in [4.69, 9.17) is 20.0 Å². The van der Waals surface area contributed by atoms with E-state index in [-0.39, 0.29) is 5.41 Å². The van der Waals surface area contributed by atoms with Crippen molar-refractivity contribution in [1.29, 1.82) is 0 Å². The molecule has 0 saturated heterocycles. The van der Waals surface area contributed by atoms with Gasteiger partial charge in [-0.2, -0.15) is 0 Å². The molecule has 4 atom stereocenters. The third-order valence-electron chi connectivity index (χ3n) is 7.82. The number of rotatable bonds is 8. The molecular formula is C25H40N4. The minimum atomic E-state index is -0.0689. The third-order valence-corrected chi connectivity index (χ3v) is 7.82. The number of hydrogen-bond acceptors (Lipinski definition) is 4. The molecule has 4 heteroatoms. The van der Waals surface area contributed by atoms with Crippen molar-refractivity contribution in [2.24, 2.45) is 49.1 Å². The Morgan fingerprint density at radius 2 is 0.897 bits per heavy atom. The molecule has 4 unspecified atom stereocenters. The second-order valence-corrected chi connectivity index (χ2v) is 11.0. The average Bonchev–Trinajstić information content (AvgIpc) is 2.37. The van der Waals surface area contributed by atoms with Crippen molar-refractivity contribution < 1.29 is 0 Å². The summed E-state index contributed by atoms with van der Waals surface area (Å²) in [6, 6.07) is 1.42. The van der Waals surface area contributed by atoms with Gasteiger partial charge in [-0.25, -0.2) is 0 Å². The quantitative estimate of drug-likeness (QED) is 0.524. The van der Waals surface area contributed by atoms with Crippen LogP contribution in [0.1, 0.15) is 81.1 Å². The van der Waals surface area contributed by atoms with E-state index in [9.17, 15) is 0 Å². The van der Waals surface area contributed by atoms with E-state index in [1.54, 1.807) is 0 Å². The number of hydrogen-bond donors (Lipinski definition) is 0. The zero-order chi connectivity index (χ0) is 21.1. The summed E-state index contributed by atoms with van der Waals surface area (Å²) in [4.78, 5) is 20.8. The van der Waals surface area contributed by atoms with Gasteiger partial charge in [0.15, 0.2) is 0 Å². The largest absolute Gasteiger partial charge is 0.289 e. The standard InChI is InChI=1S/C25H40N4/c1-13(2)17-9-21(26-17)25(22-10-18(27-22)14(3)4,23-11-19(28-23)15(5)6)24-12-20(29-24)16(7)8/h13-17,22-24H,9-12H2,1-8H3. The average molecular weight is 397 g/mol. The number of nitrogens with zero attached hydrogens (tertiary/aromatic N) is 4. The Hall–Kier alpha value is -1.32. The summed E-state index contributed by atoms with van der Waals surface area (Å²) in [7, 11) is 0. The van der Waals surface area contributed by atoms with E-state index < -0.39 is 0 Å². The van der Waals surface area contributed by atoms with Crippen LogP contribution in [0, 0.1) is 29.1 Å². The molecule has 0 spiro atoms. The van der Waals surface area contributed by atoms with Gasteiger partial charge in [0.25, 0.3) is 0 Å². The van der Waals surface area contributed by atoms with Gasteiger partial charge < -0.3 is 0 Å². The van der Waals surface area contributed by atoms with Crippen LogP contribution in [0.15, 0.2) is 20.0 Å². The summed E-state index contributed by atoms with van der Waals surface area (Å²) in [5, 5.41) is 0. The zero-order valence-electron chi connectivity index (χ0n) is 19.7. The Morgan fingerprint density at radius 3 is 1.14 bits per heavy atom. The summed E-state index contributed by atoms with van der Waals surface area (Å²) in [6.45, 7) is 18.2. The highest BCUT2D eigenvalue weighted by Crippen LogP contribution is 2.53. The van der Waals surface area contributed by atoms with Gasteiger partial charge in [-0.1, -0.05) is 55.4 Å². The van der Waals surface area contributed by atoms with Gasteiger partial charge in [0, 0.05) is 48.5 Å². The smallest absolute Gasteiger partial charge is 0.0763 e. The first-order chi connectivity index (χ1) is 13.6. The van der Waals surface area contributed by atoms with Crippen molar-refractivity contribution in [2.75, 3.05) is 0 Å². The van der Waals surface area contributed by atoms with Crippen LogP contribution in [-0.4, -0.2) is 47.0 Å².